The van der Waals surface area contributed by atoms with E-state index < -0.39 is 6.10 Å². The molecule has 0 aliphatic rings. The SMILES string of the molecule is CC(Oc1cc(Cl)c(Br)cc1Cl)C(=O)c1ccc(Br)cc1. The molecule has 21 heavy (non-hydrogen) atoms. The maximum absolute atomic E-state index is 12.3. The van der Waals surface area contributed by atoms with Crippen molar-refractivity contribution in [2.45, 2.75) is 13.0 Å². The van der Waals surface area contributed by atoms with Crippen molar-refractivity contribution in [3.05, 3.63) is 61.0 Å². The number of hydrogen-bond acceptors (Lipinski definition) is 2. The minimum Gasteiger partial charge on any atom is -0.481 e. The molecule has 0 bridgehead atoms. The summed E-state index contributed by atoms with van der Waals surface area (Å²) in [5.74, 6) is 0.250. The first-order valence-corrected chi connectivity index (χ1v) is 8.33. The molecule has 0 spiro atoms. The van der Waals surface area contributed by atoms with Crippen LogP contribution in [0.1, 0.15) is 17.3 Å². The monoisotopic (exact) mass is 450 g/mol. The quantitative estimate of drug-likeness (QED) is 0.409. The van der Waals surface area contributed by atoms with Gasteiger partial charge in [-0.2, -0.15) is 0 Å². The lowest BCUT2D eigenvalue weighted by atomic mass is 10.1. The summed E-state index contributed by atoms with van der Waals surface area (Å²) in [5.41, 5.74) is 0.574. The van der Waals surface area contributed by atoms with E-state index in [2.05, 4.69) is 31.9 Å². The summed E-state index contributed by atoms with van der Waals surface area (Å²) in [5, 5.41) is 0.861. The van der Waals surface area contributed by atoms with Gasteiger partial charge in [0.25, 0.3) is 0 Å². The van der Waals surface area contributed by atoms with Crippen LogP contribution in [0.4, 0.5) is 0 Å². The van der Waals surface area contributed by atoms with Crippen molar-refractivity contribution < 1.29 is 9.53 Å². The zero-order chi connectivity index (χ0) is 15.6. The van der Waals surface area contributed by atoms with Crippen LogP contribution >= 0.6 is 55.1 Å². The molecular formula is C15H10Br2Cl2O2. The Morgan fingerprint density at radius 3 is 2.33 bits per heavy atom. The molecule has 0 radical (unpaired) electrons. The molecule has 0 N–H and O–H groups in total. The second kappa shape index (κ2) is 7.14. The van der Waals surface area contributed by atoms with Crippen LogP contribution in [0.2, 0.25) is 10.0 Å². The summed E-state index contributed by atoms with van der Waals surface area (Å²) in [6, 6.07) is 10.3. The topological polar surface area (TPSA) is 26.3 Å². The highest BCUT2D eigenvalue weighted by atomic mass is 79.9. The molecule has 0 heterocycles. The zero-order valence-electron chi connectivity index (χ0n) is 10.9. The Hall–Kier alpha value is -0.550. The van der Waals surface area contributed by atoms with Crippen LogP contribution in [0.5, 0.6) is 5.75 Å². The van der Waals surface area contributed by atoms with Crippen LogP contribution in [0.3, 0.4) is 0 Å². The molecule has 2 aromatic rings. The molecule has 0 fully saturated rings. The van der Waals surface area contributed by atoms with Crippen LogP contribution in [0.25, 0.3) is 0 Å². The summed E-state index contributed by atoms with van der Waals surface area (Å²) >= 11 is 18.7. The lowest BCUT2D eigenvalue weighted by molar-refractivity contribution is 0.0818. The van der Waals surface area contributed by atoms with Gasteiger partial charge in [-0.25, -0.2) is 0 Å². The normalized spacial score (nSPS) is 12.0. The molecule has 0 saturated heterocycles. The number of Topliss-reactive ketones (excluding diaryl/α,β-unsaturated/α-hetero) is 1. The van der Waals surface area contributed by atoms with E-state index in [9.17, 15) is 4.79 Å². The Morgan fingerprint density at radius 2 is 1.71 bits per heavy atom. The van der Waals surface area contributed by atoms with Gasteiger partial charge in [-0.3, -0.25) is 4.79 Å². The van der Waals surface area contributed by atoms with Crippen LogP contribution in [-0.4, -0.2) is 11.9 Å². The lowest BCUT2D eigenvalue weighted by Crippen LogP contribution is -2.24. The number of carbonyl (C=O) groups is 1. The summed E-state index contributed by atoms with van der Waals surface area (Å²) in [4.78, 5) is 12.3. The molecule has 1 unspecified atom stereocenters. The molecule has 1 atom stereocenters. The summed E-state index contributed by atoms with van der Waals surface area (Å²) < 4.78 is 7.22. The zero-order valence-corrected chi connectivity index (χ0v) is 15.6. The van der Waals surface area contributed by atoms with E-state index in [0.29, 0.717) is 25.8 Å². The van der Waals surface area contributed by atoms with Crippen molar-refractivity contribution in [3.8, 4) is 5.75 Å². The van der Waals surface area contributed by atoms with Crippen LogP contribution in [-0.2, 0) is 0 Å². The first kappa shape index (κ1) is 16.8. The van der Waals surface area contributed by atoms with Crippen molar-refractivity contribution in [2.75, 3.05) is 0 Å². The molecular weight excluding hydrogens is 443 g/mol. The van der Waals surface area contributed by atoms with Gasteiger partial charge in [0.1, 0.15) is 5.75 Å². The number of carbonyl (C=O) groups excluding carboxylic acids is 1. The maximum Gasteiger partial charge on any atom is 0.202 e. The van der Waals surface area contributed by atoms with Gasteiger partial charge < -0.3 is 4.74 Å². The highest BCUT2D eigenvalue weighted by Crippen LogP contribution is 2.34. The molecule has 2 nitrogen and oxygen atoms in total. The fourth-order valence-corrected chi connectivity index (χ4v) is 2.79. The highest BCUT2D eigenvalue weighted by Gasteiger charge is 2.18. The highest BCUT2D eigenvalue weighted by molar-refractivity contribution is 9.10. The largest absolute Gasteiger partial charge is 0.481 e. The van der Waals surface area contributed by atoms with Gasteiger partial charge in [0.05, 0.1) is 10.0 Å². The maximum atomic E-state index is 12.3. The number of halogens is 4. The number of benzene rings is 2. The molecule has 2 aromatic carbocycles. The van der Waals surface area contributed by atoms with Gasteiger partial charge in [-0.05, 0) is 41.1 Å². The minimum atomic E-state index is -0.666. The second-order valence-corrected chi connectivity index (χ2v) is 6.91. The molecule has 6 heteroatoms. The van der Waals surface area contributed by atoms with Gasteiger partial charge in [0.2, 0.25) is 5.78 Å². The van der Waals surface area contributed by atoms with E-state index >= 15 is 0 Å². The predicted molar refractivity (Wildman–Crippen MR) is 92.7 cm³/mol. The molecule has 0 aliphatic heterocycles. The van der Waals surface area contributed by atoms with Crippen molar-refractivity contribution in [2.24, 2.45) is 0 Å². The van der Waals surface area contributed by atoms with Gasteiger partial charge >= 0.3 is 0 Å². The summed E-state index contributed by atoms with van der Waals surface area (Å²) in [6.07, 6.45) is -0.666. The Kier molecular flexibility index (Phi) is 5.72. The minimum absolute atomic E-state index is 0.127. The van der Waals surface area contributed by atoms with Crippen LogP contribution < -0.4 is 4.74 Å². The van der Waals surface area contributed by atoms with Crippen molar-refractivity contribution in [1.82, 2.24) is 0 Å². The van der Waals surface area contributed by atoms with E-state index in [1.165, 1.54) is 0 Å². The molecule has 0 aliphatic carbocycles. The third kappa shape index (κ3) is 4.22. The Bertz CT molecular complexity index is 672. The van der Waals surface area contributed by atoms with E-state index in [1.807, 2.05) is 12.1 Å². The third-order valence-electron chi connectivity index (χ3n) is 2.78. The third-order valence-corrected chi connectivity index (χ3v) is 4.80. The van der Waals surface area contributed by atoms with E-state index in [-0.39, 0.29) is 5.78 Å². The van der Waals surface area contributed by atoms with E-state index in [1.54, 1.807) is 31.2 Å². The second-order valence-electron chi connectivity index (χ2n) is 4.33. The predicted octanol–water partition coefficient (Wildman–Crippen LogP) is 6.17. The van der Waals surface area contributed by atoms with Gasteiger partial charge in [0.15, 0.2) is 6.10 Å². The van der Waals surface area contributed by atoms with Crippen molar-refractivity contribution in [3.63, 3.8) is 0 Å². The number of rotatable bonds is 4. The Balaban J connectivity index is 2.18. The van der Waals surface area contributed by atoms with Crippen molar-refractivity contribution in [1.29, 1.82) is 0 Å². The molecule has 110 valence electrons. The average Bonchev–Trinajstić information content (AvgIpc) is 2.44. The average molecular weight is 453 g/mol. The molecule has 0 aromatic heterocycles. The Labute approximate surface area is 149 Å². The van der Waals surface area contributed by atoms with Gasteiger partial charge in [-0.15, -0.1) is 0 Å². The smallest absolute Gasteiger partial charge is 0.202 e. The van der Waals surface area contributed by atoms with E-state index in [0.717, 1.165) is 4.47 Å². The van der Waals surface area contributed by atoms with Crippen molar-refractivity contribution >= 4 is 60.8 Å². The Morgan fingerprint density at radius 1 is 1.10 bits per heavy atom. The first-order chi connectivity index (χ1) is 9.88. The summed E-state index contributed by atoms with van der Waals surface area (Å²) in [6.45, 7) is 1.68. The molecule has 0 amide bonds. The fraction of sp³-hybridized carbons (Fsp3) is 0.133. The van der Waals surface area contributed by atoms with Crippen LogP contribution in [0.15, 0.2) is 45.3 Å². The number of hydrogen-bond donors (Lipinski definition) is 0. The fourth-order valence-electron chi connectivity index (χ4n) is 1.69. The summed E-state index contributed by atoms with van der Waals surface area (Å²) in [7, 11) is 0. The molecule has 2 rings (SSSR count). The number of ketones is 1. The van der Waals surface area contributed by atoms with Gasteiger partial charge in [-0.1, -0.05) is 51.3 Å². The van der Waals surface area contributed by atoms with Gasteiger partial charge in [0, 0.05) is 20.6 Å². The first-order valence-electron chi connectivity index (χ1n) is 5.99. The molecule has 0 saturated carbocycles. The lowest BCUT2D eigenvalue weighted by Gasteiger charge is -2.15. The number of ether oxygens (including phenoxy) is 1. The van der Waals surface area contributed by atoms with Crippen LogP contribution in [0, 0.1) is 0 Å². The standard InChI is InChI=1S/C15H10Br2Cl2O2/c1-8(15(20)9-2-4-10(16)5-3-9)21-14-7-12(18)11(17)6-13(14)19/h2-8H,1H3. The van der Waals surface area contributed by atoms with E-state index in [4.69, 9.17) is 27.9 Å².